The predicted molar refractivity (Wildman–Crippen MR) is 119 cm³/mol. The van der Waals surface area contributed by atoms with Crippen molar-refractivity contribution >= 4 is 8.40 Å². The van der Waals surface area contributed by atoms with Gasteiger partial charge in [-0.15, -0.1) is 0 Å². The van der Waals surface area contributed by atoms with Crippen LogP contribution in [0.3, 0.4) is 0 Å². The first-order valence-corrected chi connectivity index (χ1v) is 15.0. The van der Waals surface area contributed by atoms with Crippen molar-refractivity contribution in [3.63, 3.8) is 0 Å². The van der Waals surface area contributed by atoms with Crippen molar-refractivity contribution < 1.29 is 0 Å². The molecule has 2 nitrogen and oxygen atoms in total. The van der Waals surface area contributed by atoms with Crippen LogP contribution in [-0.2, 0) is 0 Å². The molecule has 1 saturated heterocycles. The van der Waals surface area contributed by atoms with Gasteiger partial charge in [-0.3, -0.25) is 0 Å². The molecule has 4 fully saturated rings. The van der Waals surface area contributed by atoms with E-state index in [0.29, 0.717) is 5.41 Å². The number of nitrogens with one attached hydrogen (secondary N) is 1. The third kappa shape index (κ3) is 3.28. The lowest BCUT2D eigenvalue weighted by molar-refractivity contribution is 0.0687. The SMILES string of the molecule is CC1CCC2C(C1)C1C(C3CCCCC3C1(C)C)N2[Si](C)(C)NC(C)(C)C. The van der Waals surface area contributed by atoms with Gasteiger partial charge in [-0.05, 0) is 101 Å². The van der Waals surface area contributed by atoms with E-state index >= 15 is 0 Å². The first kappa shape index (κ1) is 20.4. The minimum Gasteiger partial charge on any atom is -0.321 e. The number of hydrogen-bond donors (Lipinski definition) is 1. The zero-order valence-electron chi connectivity index (χ0n) is 19.4. The molecule has 0 amide bonds. The van der Waals surface area contributed by atoms with Gasteiger partial charge in [0.15, 0.2) is 8.40 Å². The molecule has 3 heteroatoms. The molecule has 4 aliphatic rings. The lowest BCUT2D eigenvalue weighted by Gasteiger charge is -2.50. The lowest BCUT2D eigenvalue weighted by Crippen LogP contribution is -2.69. The van der Waals surface area contributed by atoms with Gasteiger partial charge < -0.3 is 9.55 Å². The fourth-order valence-electron chi connectivity index (χ4n) is 8.76. The summed E-state index contributed by atoms with van der Waals surface area (Å²) in [5.74, 6) is 4.76. The van der Waals surface area contributed by atoms with E-state index in [1.807, 2.05) is 0 Å². The Labute approximate surface area is 170 Å². The van der Waals surface area contributed by atoms with Crippen LogP contribution in [0.15, 0.2) is 0 Å². The average molecular weight is 391 g/mol. The summed E-state index contributed by atoms with van der Waals surface area (Å²) in [4.78, 5) is 4.18. The molecule has 3 saturated carbocycles. The number of rotatable bonds is 2. The molecule has 27 heavy (non-hydrogen) atoms. The van der Waals surface area contributed by atoms with Crippen LogP contribution in [0.2, 0.25) is 13.1 Å². The van der Waals surface area contributed by atoms with E-state index in [2.05, 4.69) is 64.2 Å². The molecule has 7 unspecified atom stereocenters. The van der Waals surface area contributed by atoms with Gasteiger partial charge in [0.05, 0.1) is 0 Å². The van der Waals surface area contributed by atoms with E-state index in [1.54, 1.807) is 0 Å². The normalized spacial score (nSPS) is 44.7. The molecule has 3 aliphatic carbocycles. The summed E-state index contributed by atoms with van der Waals surface area (Å²) in [7, 11) is -1.68. The first-order valence-electron chi connectivity index (χ1n) is 12.0. The predicted octanol–water partition coefficient (Wildman–Crippen LogP) is 6.03. The molecule has 0 aromatic rings. The minimum atomic E-state index is -1.68. The standard InChI is InChI=1S/C24H46N2Si/c1-16-13-14-20-18(15-16)21-22(26(20)27(7,8)25-23(2,3)4)17-11-9-10-12-19(17)24(21,5)6/h16-22,25H,9-15H2,1-8H3. The van der Waals surface area contributed by atoms with E-state index in [4.69, 9.17) is 0 Å². The topological polar surface area (TPSA) is 15.3 Å². The molecule has 1 N–H and O–H groups in total. The van der Waals surface area contributed by atoms with Crippen molar-refractivity contribution in [2.24, 2.45) is 35.0 Å². The Morgan fingerprint density at radius 3 is 2.30 bits per heavy atom. The summed E-state index contributed by atoms with van der Waals surface area (Å²) in [5, 5.41) is 0. The summed E-state index contributed by atoms with van der Waals surface area (Å²) in [6.07, 6.45) is 10.4. The van der Waals surface area contributed by atoms with E-state index in [1.165, 1.54) is 44.9 Å². The third-order valence-electron chi connectivity index (χ3n) is 9.03. The number of fused-ring (bicyclic) bond motifs is 5. The second-order valence-electron chi connectivity index (χ2n) is 12.9. The Morgan fingerprint density at radius 1 is 0.963 bits per heavy atom. The van der Waals surface area contributed by atoms with E-state index in [0.717, 1.165) is 41.7 Å². The second-order valence-corrected chi connectivity index (χ2v) is 16.8. The molecule has 0 radical (unpaired) electrons. The van der Waals surface area contributed by atoms with E-state index in [-0.39, 0.29) is 5.54 Å². The van der Waals surface area contributed by atoms with Crippen molar-refractivity contribution in [2.45, 2.75) is 117 Å². The van der Waals surface area contributed by atoms with E-state index in [9.17, 15) is 0 Å². The Balaban J connectivity index is 1.76. The Kier molecular flexibility index (Phi) is 4.97. The molecule has 1 aliphatic heterocycles. The monoisotopic (exact) mass is 390 g/mol. The third-order valence-corrected chi connectivity index (χ3v) is 12.3. The molecule has 0 spiro atoms. The van der Waals surface area contributed by atoms with Gasteiger partial charge in [0.1, 0.15) is 0 Å². The average Bonchev–Trinajstić information content (AvgIpc) is 2.98. The van der Waals surface area contributed by atoms with Gasteiger partial charge in [-0.1, -0.05) is 33.6 Å². The Morgan fingerprint density at radius 2 is 1.63 bits per heavy atom. The van der Waals surface area contributed by atoms with Gasteiger partial charge in [0.25, 0.3) is 0 Å². The maximum atomic E-state index is 4.18. The first-order chi connectivity index (χ1) is 12.4. The zero-order chi connectivity index (χ0) is 19.8. The highest BCUT2D eigenvalue weighted by Gasteiger charge is 2.67. The quantitative estimate of drug-likeness (QED) is 0.579. The van der Waals surface area contributed by atoms with Crippen LogP contribution < -0.4 is 4.98 Å². The van der Waals surface area contributed by atoms with Crippen molar-refractivity contribution in [3.05, 3.63) is 0 Å². The van der Waals surface area contributed by atoms with Crippen LogP contribution in [0.4, 0.5) is 0 Å². The Hall–Kier alpha value is 0.137. The van der Waals surface area contributed by atoms with E-state index < -0.39 is 8.40 Å². The summed E-state index contributed by atoms with van der Waals surface area (Å²) in [6, 6.07) is 1.72. The number of nitrogens with zero attached hydrogens (tertiary/aromatic N) is 1. The molecular formula is C24H46N2Si. The van der Waals surface area contributed by atoms with Crippen LogP contribution in [0.25, 0.3) is 0 Å². The fourth-order valence-corrected chi connectivity index (χ4v) is 13.0. The van der Waals surface area contributed by atoms with Crippen LogP contribution in [-0.4, -0.2) is 30.6 Å². The molecule has 156 valence electrons. The van der Waals surface area contributed by atoms with Crippen molar-refractivity contribution in [1.29, 1.82) is 0 Å². The van der Waals surface area contributed by atoms with Crippen LogP contribution in [0.5, 0.6) is 0 Å². The van der Waals surface area contributed by atoms with Crippen molar-refractivity contribution in [3.8, 4) is 0 Å². The largest absolute Gasteiger partial charge is 0.321 e. The summed E-state index contributed by atoms with van der Waals surface area (Å²) >= 11 is 0. The Bertz CT molecular complexity index is 563. The molecule has 7 atom stereocenters. The van der Waals surface area contributed by atoms with Gasteiger partial charge in [-0.2, -0.15) is 0 Å². The van der Waals surface area contributed by atoms with Crippen molar-refractivity contribution in [2.75, 3.05) is 0 Å². The van der Waals surface area contributed by atoms with Crippen molar-refractivity contribution in [1.82, 2.24) is 9.55 Å². The summed E-state index contributed by atoms with van der Waals surface area (Å²) in [6.45, 7) is 20.2. The fraction of sp³-hybridized carbons (Fsp3) is 1.00. The maximum absolute atomic E-state index is 4.18. The molecule has 0 bridgehead atoms. The molecule has 0 aromatic heterocycles. The molecular weight excluding hydrogens is 344 g/mol. The highest BCUT2D eigenvalue weighted by molar-refractivity contribution is 6.72. The molecule has 4 rings (SSSR count). The van der Waals surface area contributed by atoms with Crippen LogP contribution in [0.1, 0.15) is 86.5 Å². The summed E-state index contributed by atoms with van der Waals surface area (Å²) < 4.78 is 3.19. The summed E-state index contributed by atoms with van der Waals surface area (Å²) in [5.41, 5.74) is 0.752. The molecule has 0 aromatic carbocycles. The molecule has 1 heterocycles. The minimum absolute atomic E-state index is 0.214. The van der Waals surface area contributed by atoms with Crippen LogP contribution >= 0.6 is 0 Å². The zero-order valence-corrected chi connectivity index (χ0v) is 20.4. The van der Waals surface area contributed by atoms with Crippen LogP contribution in [0, 0.1) is 35.0 Å². The lowest BCUT2D eigenvalue weighted by atomic mass is 9.63. The highest BCUT2D eigenvalue weighted by atomic mass is 28.3. The smallest absolute Gasteiger partial charge is 0.198 e. The highest BCUT2D eigenvalue weighted by Crippen LogP contribution is 2.66. The van der Waals surface area contributed by atoms with Gasteiger partial charge in [0.2, 0.25) is 0 Å². The van der Waals surface area contributed by atoms with Gasteiger partial charge >= 0.3 is 0 Å². The van der Waals surface area contributed by atoms with Gasteiger partial charge in [0, 0.05) is 17.6 Å². The second kappa shape index (κ2) is 6.57. The van der Waals surface area contributed by atoms with Gasteiger partial charge in [-0.25, -0.2) is 0 Å². The number of hydrogen-bond acceptors (Lipinski definition) is 2. The maximum Gasteiger partial charge on any atom is 0.198 e.